The van der Waals surface area contributed by atoms with Gasteiger partial charge >= 0.3 is 0 Å². The van der Waals surface area contributed by atoms with Crippen molar-refractivity contribution in [3.63, 3.8) is 0 Å². The molecule has 0 unspecified atom stereocenters. The predicted molar refractivity (Wildman–Crippen MR) is 69.9 cm³/mol. The number of halogens is 1. The van der Waals surface area contributed by atoms with Crippen molar-refractivity contribution in [1.29, 1.82) is 0 Å². The number of nitrogens with one attached hydrogen (secondary N) is 1. The number of nitrogens with two attached hydrogens (primary N) is 1. The van der Waals surface area contributed by atoms with Crippen LogP contribution in [0.5, 0.6) is 0 Å². The number of hydrogen-bond acceptors (Lipinski definition) is 3. The molecule has 6 heteroatoms. The molecule has 2 rings (SSSR count). The summed E-state index contributed by atoms with van der Waals surface area (Å²) in [7, 11) is 0. The minimum atomic E-state index is -0.873. The zero-order chi connectivity index (χ0) is 13.3. The van der Waals surface area contributed by atoms with Crippen molar-refractivity contribution >= 4 is 29.0 Å². The van der Waals surface area contributed by atoms with Crippen LogP contribution < -0.4 is 11.1 Å². The maximum Gasteiger partial charge on any atom is 0.238 e. The molecule has 1 aromatic carbocycles. The van der Waals surface area contributed by atoms with Gasteiger partial charge < -0.3 is 16.3 Å². The highest BCUT2D eigenvalue weighted by Crippen LogP contribution is 2.47. The molecule has 5 nitrogen and oxygen atoms in total. The number of anilines is 1. The van der Waals surface area contributed by atoms with Gasteiger partial charge in [0.25, 0.3) is 0 Å². The Morgan fingerprint density at radius 1 is 1.56 bits per heavy atom. The van der Waals surface area contributed by atoms with Gasteiger partial charge in [-0.15, -0.1) is 0 Å². The molecular formula is C12H14ClN3O2. The first-order valence-corrected chi connectivity index (χ1v) is 5.93. The zero-order valence-corrected chi connectivity index (χ0v) is 10.7. The molecule has 0 bridgehead atoms. The Balaban J connectivity index is 2.20. The fourth-order valence-corrected chi connectivity index (χ4v) is 1.98. The third kappa shape index (κ3) is 2.01. The molecule has 0 aliphatic heterocycles. The van der Waals surface area contributed by atoms with Gasteiger partial charge in [0.05, 0.1) is 10.7 Å². The molecule has 1 aliphatic rings. The fraction of sp³-hybridized carbons (Fsp3) is 0.333. The van der Waals surface area contributed by atoms with Crippen molar-refractivity contribution in [2.24, 2.45) is 16.3 Å². The standard InChI is InChI=1S/C12H14ClN3O2/c1-7-3-2-4-8(9(7)13)15-11(17)12(5-6-12)10(14)16-18/h2-4,18H,5-6H2,1H3,(H2,14,16)(H,15,17). The third-order valence-electron chi connectivity index (χ3n) is 3.22. The second-order valence-electron chi connectivity index (χ2n) is 4.46. The van der Waals surface area contributed by atoms with Crippen LogP contribution >= 0.6 is 11.6 Å². The molecular weight excluding hydrogens is 254 g/mol. The van der Waals surface area contributed by atoms with Gasteiger partial charge in [-0.05, 0) is 31.4 Å². The Labute approximate surface area is 110 Å². The van der Waals surface area contributed by atoms with Gasteiger partial charge in [0, 0.05) is 0 Å². The Morgan fingerprint density at radius 3 is 2.78 bits per heavy atom. The van der Waals surface area contributed by atoms with E-state index in [-0.39, 0.29) is 11.7 Å². The van der Waals surface area contributed by atoms with E-state index >= 15 is 0 Å². The first kappa shape index (κ1) is 12.7. The summed E-state index contributed by atoms with van der Waals surface area (Å²) in [6.07, 6.45) is 1.16. The maximum absolute atomic E-state index is 12.1. The Kier molecular flexibility index (Phi) is 3.17. The maximum atomic E-state index is 12.1. The molecule has 1 fully saturated rings. The Bertz CT molecular complexity index is 524. The normalized spacial score (nSPS) is 17.3. The molecule has 1 aromatic rings. The summed E-state index contributed by atoms with van der Waals surface area (Å²) in [5, 5.41) is 14.8. The van der Waals surface area contributed by atoms with Crippen LogP contribution in [0.1, 0.15) is 18.4 Å². The van der Waals surface area contributed by atoms with E-state index in [1.807, 2.05) is 13.0 Å². The topological polar surface area (TPSA) is 87.7 Å². The van der Waals surface area contributed by atoms with Crippen molar-refractivity contribution in [2.75, 3.05) is 5.32 Å². The highest BCUT2D eigenvalue weighted by molar-refractivity contribution is 6.34. The molecule has 96 valence electrons. The van der Waals surface area contributed by atoms with Gasteiger partial charge in [0.1, 0.15) is 5.41 Å². The lowest BCUT2D eigenvalue weighted by Crippen LogP contribution is -2.36. The van der Waals surface area contributed by atoms with Crippen LogP contribution in [0.3, 0.4) is 0 Å². The van der Waals surface area contributed by atoms with Crippen LogP contribution in [0.4, 0.5) is 5.69 Å². The molecule has 0 saturated heterocycles. The van der Waals surface area contributed by atoms with Gasteiger partial charge in [-0.3, -0.25) is 4.79 Å². The number of carbonyl (C=O) groups is 1. The second-order valence-corrected chi connectivity index (χ2v) is 4.84. The summed E-state index contributed by atoms with van der Waals surface area (Å²) in [6.45, 7) is 1.86. The SMILES string of the molecule is Cc1cccc(NC(=O)C2(/C(N)=N/O)CC2)c1Cl. The molecule has 0 atom stereocenters. The van der Waals surface area contributed by atoms with E-state index in [4.69, 9.17) is 22.5 Å². The quantitative estimate of drug-likeness (QED) is 0.339. The highest BCUT2D eigenvalue weighted by Gasteiger charge is 2.54. The van der Waals surface area contributed by atoms with Crippen LogP contribution in [0, 0.1) is 12.3 Å². The molecule has 0 heterocycles. The van der Waals surface area contributed by atoms with Crippen LogP contribution in [-0.4, -0.2) is 17.0 Å². The molecule has 1 saturated carbocycles. The van der Waals surface area contributed by atoms with Crippen molar-refractivity contribution in [2.45, 2.75) is 19.8 Å². The number of hydrogen-bond donors (Lipinski definition) is 3. The van der Waals surface area contributed by atoms with Crippen LogP contribution in [0.2, 0.25) is 5.02 Å². The van der Waals surface area contributed by atoms with Crippen molar-refractivity contribution < 1.29 is 10.0 Å². The Morgan fingerprint density at radius 2 is 2.22 bits per heavy atom. The lowest BCUT2D eigenvalue weighted by atomic mass is 10.0. The minimum absolute atomic E-state index is 0.0521. The summed E-state index contributed by atoms with van der Waals surface area (Å²) in [5.41, 5.74) is 6.09. The van der Waals surface area contributed by atoms with Crippen molar-refractivity contribution in [1.82, 2.24) is 0 Å². The van der Waals surface area contributed by atoms with Crippen molar-refractivity contribution in [3.8, 4) is 0 Å². The first-order chi connectivity index (χ1) is 8.51. The lowest BCUT2D eigenvalue weighted by Gasteiger charge is -2.15. The van der Waals surface area contributed by atoms with E-state index < -0.39 is 5.41 Å². The Hall–Kier alpha value is -1.75. The number of amidine groups is 1. The molecule has 4 N–H and O–H groups in total. The molecule has 18 heavy (non-hydrogen) atoms. The molecule has 0 aromatic heterocycles. The summed E-state index contributed by atoms with van der Waals surface area (Å²) in [4.78, 5) is 12.1. The van der Waals surface area contributed by atoms with Crippen LogP contribution in [0.25, 0.3) is 0 Å². The van der Waals surface area contributed by atoms with Gasteiger partial charge in [-0.1, -0.05) is 28.9 Å². The third-order valence-corrected chi connectivity index (χ3v) is 3.72. The summed E-state index contributed by atoms with van der Waals surface area (Å²) in [5.74, 6) is -0.339. The number of benzene rings is 1. The van der Waals surface area contributed by atoms with Crippen LogP contribution in [-0.2, 0) is 4.79 Å². The summed E-state index contributed by atoms with van der Waals surface area (Å²) < 4.78 is 0. The second kappa shape index (κ2) is 4.49. The zero-order valence-electron chi connectivity index (χ0n) is 9.90. The molecule has 0 radical (unpaired) electrons. The number of nitrogens with zero attached hydrogens (tertiary/aromatic N) is 1. The monoisotopic (exact) mass is 267 g/mol. The number of carbonyl (C=O) groups excluding carboxylic acids is 1. The van der Waals surface area contributed by atoms with Crippen LogP contribution in [0.15, 0.2) is 23.4 Å². The average Bonchev–Trinajstić information content (AvgIpc) is 3.15. The number of rotatable bonds is 3. The highest BCUT2D eigenvalue weighted by atomic mass is 35.5. The number of amides is 1. The van der Waals surface area contributed by atoms with E-state index in [2.05, 4.69) is 10.5 Å². The van der Waals surface area contributed by atoms with Gasteiger partial charge in [-0.25, -0.2) is 0 Å². The smallest absolute Gasteiger partial charge is 0.238 e. The molecule has 0 spiro atoms. The largest absolute Gasteiger partial charge is 0.409 e. The van der Waals surface area contributed by atoms with E-state index in [9.17, 15) is 4.79 Å². The minimum Gasteiger partial charge on any atom is -0.409 e. The van der Waals surface area contributed by atoms with Crippen molar-refractivity contribution in [3.05, 3.63) is 28.8 Å². The van der Waals surface area contributed by atoms with Gasteiger partial charge in [-0.2, -0.15) is 0 Å². The number of aryl methyl sites for hydroxylation is 1. The fourth-order valence-electron chi connectivity index (χ4n) is 1.81. The molecule has 1 aliphatic carbocycles. The molecule has 1 amide bonds. The average molecular weight is 268 g/mol. The summed E-state index contributed by atoms with van der Waals surface area (Å²) >= 11 is 6.10. The van der Waals surface area contributed by atoms with Gasteiger partial charge in [0.15, 0.2) is 5.84 Å². The first-order valence-electron chi connectivity index (χ1n) is 5.56. The lowest BCUT2D eigenvalue weighted by molar-refractivity contribution is -0.119. The predicted octanol–water partition coefficient (Wildman–Crippen LogP) is 2.11. The van der Waals surface area contributed by atoms with E-state index in [1.165, 1.54) is 0 Å². The van der Waals surface area contributed by atoms with Gasteiger partial charge in [0.2, 0.25) is 5.91 Å². The number of oxime groups is 1. The van der Waals surface area contributed by atoms with E-state index in [1.54, 1.807) is 12.1 Å². The van der Waals surface area contributed by atoms with E-state index in [0.29, 0.717) is 23.6 Å². The summed E-state index contributed by atoms with van der Waals surface area (Å²) in [6, 6.07) is 5.38. The van der Waals surface area contributed by atoms with E-state index in [0.717, 1.165) is 5.56 Å².